The smallest absolute Gasteiger partial charge is 0.0449 e. The lowest BCUT2D eigenvalue weighted by atomic mass is 9.98. The average Bonchev–Trinajstić information content (AvgIpc) is 4.33. The Bertz CT molecular complexity index is 3760. The van der Waals surface area contributed by atoms with Gasteiger partial charge in [0.2, 0.25) is 0 Å². The molecule has 0 aliphatic heterocycles. The molecule has 6 heteroatoms. The van der Waals surface area contributed by atoms with Crippen LogP contribution in [0.1, 0.15) is 0 Å². The molecule has 0 bridgehead atoms. The molecule has 0 fully saturated rings. The van der Waals surface area contributed by atoms with E-state index < -0.39 is 0 Å². The first kappa shape index (κ1) is 48.7. The molecule has 6 aromatic heterocycles. The summed E-state index contributed by atoms with van der Waals surface area (Å²) in [6.45, 7) is 0. The number of rotatable bonds is 8. The quantitative estimate of drug-likeness (QED) is 0.142. The van der Waals surface area contributed by atoms with Crippen molar-refractivity contribution in [1.82, 2.24) is 0 Å². The molecule has 0 aliphatic rings. The standard InChI is InChI=1S/C22H16.C18H12S2.2C14H10S2/c1-2-6-17(7-3-1)19-10-12-20(13-11-19)22-15-14-18-8-4-5-9-21(18)16-22;1-3-17(19-9-1)15-7-5-14-12-16(8-6-13(14)11-15)18-4-2-10-20-18;1-3-13(15-9-1)11-5-7-12(8-6-11)14-4-2-10-16-14;1-2-5-11(6-3-1)12-8-9-14(16-12)13-7-4-10-15-13/h1-16H;1-12H;2*1-10H. The van der Waals surface area contributed by atoms with Crippen molar-refractivity contribution < 1.29 is 0 Å². The summed E-state index contributed by atoms with van der Waals surface area (Å²) in [5.41, 5.74) is 11.5. The highest BCUT2D eigenvalue weighted by molar-refractivity contribution is 7.23. The van der Waals surface area contributed by atoms with Gasteiger partial charge in [0, 0.05) is 34.1 Å². The maximum atomic E-state index is 2.28. The van der Waals surface area contributed by atoms with Crippen LogP contribution in [-0.4, -0.2) is 0 Å². The molecule has 0 nitrogen and oxygen atoms in total. The zero-order chi connectivity index (χ0) is 49.7. The molecule has 6 heterocycles. The van der Waals surface area contributed by atoms with Crippen LogP contribution in [0, 0.1) is 0 Å². The first-order valence-electron chi connectivity index (χ1n) is 24.3. The van der Waals surface area contributed by atoms with Crippen LogP contribution in [0.25, 0.3) is 106 Å². The molecule has 0 N–H and O–H groups in total. The van der Waals surface area contributed by atoms with Gasteiger partial charge in [-0.15, -0.1) is 68.0 Å². The van der Waals surface area contributed by atoms with Crippen molar-refractivity contribution in [3.63, 3.8) is 0 Å². The molecule has 14 rings (SSSR count). The summed E-state index contributed by atoms with van der Waals surface area (Å²) in [7, 11) is 0. The Morgan fingerprint density at radius 1 is 0.162 bits per heavy atom. The number of fused-ring (bicyclic) bond motifs is 2. The number of hydrogen-bond donors (Lipinski definition) is 0. The van der Waals surface area contributed by atoms with Crippen LogP contribution in [0.4, 0.5) is 0 Å². The Labute approximate surface area is 457 Å². The van der Waals surface area contributed by atoms with Gasteiger partial charge < -0.3 is 0 Å². The van der Waals surface area contributed by atoms with E-state index >= 15 is 0 Å². The summed E-state index contributed by atoms with van der Waals surface area (Å²) in [5, 5.41) is 15.8. The van der Waals surface area contributed by atoms with E-state index in [0.29, 0.717) is 0 Å². The van der Waals surface area contributed by atoms with Crippen LogP contribution in [0.5, 0.6) is 0 Å². The minimum absolute atomic E-state index is 1.25. The maximum Gasteiger partial charge on any atom is 0.0449 e. The van der Waals surface area contributed by atoms with Crippen LogP contribution in [0.2, 0.25) is 0 Å². The van der Waals surface area contributed by atoms with Gasteiger partial charge in [0.05, 0.1) is 0 Å². The molecule has 356 valence electrons. The molecule has 0 saturated carbocycles. The minimum Gasteiger partial charge on any atom is -0.144 e. The largest absolute Gasteiger partial charge is 0.144 e. The normalized spacial score (nSPS) is 10.7. The summed E-state index contributed by atoms with van der Waals surface area (Å²) in [6, 6.07) is 92.9. The topological polar surface area (TPSA) is 0 Å². The van der Waals surface area contributed by atoms with Gasteiger partial charge in [-0.1, -0.05) is 200 Å². The van der Waals surface area contributed by atoms with Crippen molar-refractivity contribution in [2.75, 3.05) is 0 Å². The zero-order valence-electron chi connectivity index (χ0n) is 40.2. The predicted molar refractivity (Wildman–Crippen MR) is 332 cm³/mol. The second kappa shape index (κ2) is 24.0. The lowest BCUT2D eigenvalue weighted by Gasteiger charge is -2.06. The average molecular weight is 1060 g/mol. The van der Waals surface area contributed by atoms with E-state index in [-0.39, 0.29) is 0 Å². The minimum atomic E-state index is 1.25. The third-order valence-electron chi connectivity index (χ3n) is 12.5. The molecule has 0 radical (unpaired) electrons. The SMILES string of the molecule is c1ccc(-c2ccc(-c3ccc4ccccc4c3)cc2)cc1.c1ccc(-c2ccc(-c3cccs3)s2)cc1.c1csc(-c2ccc(-c3cccs3)cc2)c1.c1csc(-c2ccc3cc(-c4cccs4)ccc3c2)c1. The lowest BCUT2D eigenvalue weighted by Crippen LogP contribution is -1.81. The van der Waals surface area contributed by atoms with E-state index in [9.17, 15) is 0 Å². The first-order valence-corrected chi connectivity index (χ1v) is 29.5. The van der Waals surface area contributed by atoms with Crippen LogP contribution in [0.15, 0.2) is 288 Å². The highest BCUT2D eigenvalue weighted by Crippen LogP contribution is 2.37. The van der Waals surface area contributed by atoms with Gasteiger partial charge in [-0.2, -0.15) is 0 Å². The maximum absolute atomic E-state index is 2.28. The molecule has 0 atom stereocenters. The Morgan fingerprint density at radius 2 is 0.473 bits per heavy atom. The molecule has 8 aromatic carbocycles. The molecular weight excluding hydrogens is 1010 g/mol. The van der Waals surface area contributed by atoms with Crippen molar-refractivity contribution in [3.05, 3.63) is 288 Å². The van der Waals surface area contributed by atoms with Crippen molar-refractivity contribution in [1.29, 1.82) is 0 Å². The third kappa shape index (κ3) is 12.1. The van der Waals surface area contributed by atoms with Crippen LogP contribution < -0.4 is 0 Å². The number of hydrogen-bond acceptors (Lipinski definition) is 6. The molecule has 0 amide bonds. The second-order valence-electron chi connectivity index (χ2n) is 17.3. The van der Waals surface area contributed by atoms with Gasteiger partial charge in [0.1, 0.15) is 0 Å². The van der Waals surface area contributed by atoms with Crippen molar-refractivity contribution >= 4 is 89.6 Å². The van der Waals surface area contributed by atoms with Gasteiger partial charge in [0.25, 0.3) is 0 Å². The number of benzene rings is 8. The van der Waals surface area contributed by atoms with Gasteiger partial charge in [-0.3, -0.25) is 0 Å². The Hall–Kier alpha value is -7.52. The fraction of sp³-hybridized carbons (Fsp3) is 0. The fourth-order valence-corrected chi connectivity index (χ4v) is 13.4. The van der Waals surface area contributed by atoms with E-state index in [4.69, 9.17) is 0 Å². The molecule has 14 aromatic rings. The Kier molecular flexibility index (Phi) is 15.8. The molecule has 74 heavy (non-hydrogen) atoms. The fourth-order valence-electron chi connectivity index (χ4n) is 8.62. The highest BCUT2D eigenvalue weighted by Gasteiger charge is 2.07. The van der Waals surface area contributed by atoms with Crippen molar-refractivity contribution in [3.8, 4) is 84.2 Å². The number of thiophene rings is 6. The van der Waals surface area contributed by atoms with Gasteiger partial charge in [0.15, 0.2) is 0 Å². The summed E-state index contributed by atoms with van der Waals surface area (Å²) >= 11 is 10.8. The van der Waals surface area contributed by atoms with Crippen LogP contribution in [-0.2, 0) is 0 Å². The van der Waals surface area contributed by atoms with Crippen LogP contribution >= 0.6 is 68.0 Å². The van der Waals surface area contributed by atoms with E-state index in [1.165, 1.54) is 106 Å². The zero-order valence-corrected chi connectivity index (χ0v) is 45.1. The van der Waals surface area contributed by atoms with Gasteiger partial charge in [-0.25, -0.2) is 0 Å². The summed E-state index contributed by atoms with van der Waals surface area (Å²) < 4.78 is 0. The monoisotopic (exact) mass is 1060 g/mol. The summed E-state index contributed by atoms with van der Waals surface area (Å²) in [4.78, 5) is 9.36. The van der Waals surface area contributed by atoms with E-state index in [1.807, 2.05) is 17.4 Å². The lowest BCUT2D eigenvalue weighted by molar-refractivity contribution is 1.60. The molecular formula is C68H48S6. The Morgan fingerprint density at radius 3 is 0.959 bits per heavy atom. The van der Waals surface area contributed by atoms with Gasteiger partial charge >= 0.3 is 0 Å². The highest BCUT2D eigenvalue weighted by atomic mass is 32.1. The molecule has 0 spiro atoms. The third-order valence-corrected chi connectivity index (χ3v) is 18.3. The predicted octanol–water partition coefficient (Wildman–Crippen LogP) is 22.8. The van der Waals surface area contributed by atoms with E-state index in [1.54, 1.807) is 56.7 Å². The molecule has 0 aliphatic carbocycles. The Balaban J connectivity index is 0.000000107. The summed E-state index contributed by atoms with van der Waals surface area (Å²) in [6.07, 6.45) is 0. The van der Waals surface area contributed by atoms with Crippen molar-refractivity contribution in [2.45, 2.75) is 0 Å². The van der Waals surface area contributed by atoms with Crippen molar-refractivity contribution in [2.24, 2.45) is 0 Å². The van der Waals surface area contributed by atoms with Crippen LogP contribution in [0.3, 0.4) is 0 Å². The van der Waals surface area contributed by atoms with E-state index in [2.05, 4.69) is 282 Å². The first-order chi connectivity index (χ1) is 36.7. The molecule has 0 saturated heterocycles. The second-order valence-corrected chi connectivity index (χ2v) is 23.1. The van der Waals surface area contributed by atoms with E-state index in [0.717, 1.165) is 0 Å². The summed E-state index contributed by atoms with van der Waals surface area (Å²) in [5.74, 6) is 0. The molecule has 0 unspecified atom stereocenters. The van der Waals surface area contributed by atoms with Gasteiger partial charge in [-0.05, 0) is 159 Å².